The quantitative estimate of drug-likeness (QED) is 0.663. The van der Waals surface area contributed by atoms with Gasteiger partial charge in [-0.3, -0.25) is 4.79 Å². The van der Waals surface area contributed by atoms with E-state index in [0.29, 0.717) is 17.3 Å². The van der Waals surface area contributed by atoms with Gasteiger partial charge < -0.3 is 19.3 Å². The van der Waals surface area contributed by atoms with E-state index in [9.17, 15) is 14.4 Å². The van der Waals surface area contributed by atoms with Gasteiger partial charge >= 0.3 is 11.9 Å². The average molecular weight is 464 g/mol. The van der Waals surface area contributed by atoms with Gasteiger partial charge in [-0.15, -0.1) is 4.90 Å². The number of benzene rings is 1. The molecule has 1 unspecified atom stereocenters. The van der Waals surface area contributed by atoms with Crippen LogP contribution in [0.5, 0.6) is 0 Å². The molecule has 1 fully saturated rings. The van der Waals surface area contributed by atoms with Crippen LogP contribution in [0.15, 0.2) is 46.2 Å². The molecule has 2 aliphatic heterocycles. The van der Waals surface area contributed by atoms with Gasteiger partial charge in [0.15, 0.2) is 25.7 Å². The Labute approximate surface area is 194 Å². The summed E-state index contributed by atoms with van der Waals surface area (Å²) in [4.78, 5) is 44.7. The lowest BCUT2D eigenvalue weighted by Crippen LogP contribution is -2.53. The largest absolute Gasteiger partial charge is 0.502 e. The molecular formula is C23H22N5O6+. The fourth-order valence-electron chi connectivity index (χ4n) is 4.05. The predicted octanol–water partition coefficient (Wildman–Crippen LogP) is 1.75. The summed E-state index contributed by atoms with van der Waals surface area (Å²) in [6.45, 7) is 4.98. The number of aromatic nitrogens is 2. The highest BCUT2D eigenvalue weighted by atomic mass is 16.7. The molecule has 1 N–H and O–H groups in total. The van der Waals surface area contributed by atoms with Crippen molar-refractivity contribution in [3.63, 3.8) is 0 Å². The van der Waals surface area contributed by atoms with E-state index < -0.39 is 23.9 Å². The first-order chi connectivity index (χ1) is 16.3. The van der Waals surface area contributed by atoms with Crippen LogP contribution in [-0.2, 0) is 25.6 Å². The van der Waals surface area contributed by atoms with Crippen molar-refractivity contribution in [3.05, 3.63) is 64.5 Å². The lowest BCUT2D eigenvalue weighted by atomic mass is 9.97. The summed E-state index contributed by atoms with van der Waals surface area (Å²) >= 11 is 0. The fourth-order valence-corrected chi connectivity index (χ4v) is 4.05. The molecule has 0 radical (unpaired) electrons. The number of imide groups is 1. The van der Waals surface area contributed by atoms with E-state index >= 15 is 0 Å². The minimum absolute atomic E-state index is 0.0356. The first kappa shape index (κ1) is 21.7. The molecule has 1 aromatic heterocycles. The number of hydrogen-bond donors (Lipinski definition) is 1. The smallest absolute Gasteiger partial charge is 0.469 e. The second kappa shape index (κ2) is 8.34. The molecule has 34 heavy (non-hydrogen) atoms. The Kier molecular flexibility index (Phi) is 5.33. The van der Waals surface area contributed by atoms with Crippen molar-refractivity contribution in [2.24, 2.45) is 0 Å². The van der Waals surface area contributed by atoms with Crippen molar-refractivity contribution in [1.82, 2.24) is 15.0 Å². The Balaban J connectivity index is 1.49. The summed E-state index contributed by atoms with van der Waals surface area (Å²) in [5.41, 5.74) is 3.12. The number of hydrogen-bond acceptors (Lipinski definition) is 8. The van der Waals surface area contributed by atoms with Crippen molar-refractivity contribution >= 4 is 29.2 Å². The van der Waals surface area contributed by atoms with Crippen LogP contribution in [0.3, 0.4) is 0 Å². The Morgan fingerprint density at radius 3 is 2.82 bits per heavy atom. The Bertz CT molecular complexity index is 1320. The highest BCUT2D eigenvalue weighted by molar-refractivity contribution is 6.29. The van der Waals surface area contributed by atoms with Gasteiger partial charge in [-0.1, -0.05) is 22.9 Å². The fraction of sp³-hybridized carbons (Fsp3) is 0.304. The van der Waals surface area contributed by atoms with Gasteiger partial charge in [-0.2, -0.15) is 14.4 Å². The predicted molar refractivity (Wildman–Crippen MR) is 117 cm³/mol. The maximum Gasteiger partial charge on any atom is 0.502 e. The molecule has 0 bridgehead atoms. The van der Waals surface area contributed by atoms with Crippen molar-refractivity contribution in [3.8, 4) is 0 Å². The monoisotopic (exact) mass is 464 g/mol. The standard InChI is InChI=1S/C23H21N5O6/c1-12-4-5-16(13(2)6-12)25-20(29)9-27-17-8-19-18(32-11-33-19)7-15(17)22(30)28(23(27)31)10-21-24-14(3)26-34-21/h4-8,18H,9-11H2,1-3H3/p+1. The number of carbonyl (C=O) groups excluding carboxylic acids is 3. The lowest BCUT2D eigenvalue weighted by molar-refractivity contribution is -0.424. The molecule has 11 nitrogen and oxygen atoms in total. The first-order valence-corrected chi connectivity index (χ1v) is 10.6. The van der Waals surface area contributed by atoms with Crippen LogP contribution in [0, 0.1) is 20.8 Å². The molecule has 2 aromatic rings. The maximum absolute atomic E-state index is 13.4. The van der Waals surface area contributed by atoms with Crippen LogP contribution in [-0.4, -0.2) is 62.6 Å². The third-order valence-electron chi connectivity index (χ3n) is 5.68. The number of urea groups is 1. The van der Waals surface area contributed by atoms with Gasteiger partial charge in [-0.25, -0.2) is 4.79 Å². The first-order valence-electron chi connectivity index (χ1n) is 10.6. The number of amides is 4. The number of allylic oxidation sites excluding steroid dienone is 1. The van der Waals surface area contributed by atoms with Crippen LogP contribution in [0.2, 0.25) is 0 Å². The van der Waals surface area contributed by atoms with Crippen molar-refractivity contribution < 1.29 is 33.0 Å². The highest BCUT2D eigenvalue weighted by Crippen LogP contribution is 2.29. The van der Waals surface area contributed by atoms with E-state index in [1.54, 1.807) is 19.1 Å². The second-order valence-electron chi connectivity index (χ2n) is 8.22. The van der Waals surface area contributed by atoms with E-state index in [-0.39, 0.29) is 37.1 Å². The molecule has 4 amide bonds. The molecule has 0 spiro atoms. The minimum atomic E-state index is -0.682. The summed E-state index contributed by atoms with van der Waals surface area (Å²) < 4.78 is 17.3. The van der Waals surface area contributed by atoms with E-state index in [0.717, 1.165) is 16.0 Å². The zero-order valence-corrected chi connectivity index (χ0v) is 18.8. The molecule has 11 heteroatoms. The van der Waals surface area contributed by atoms with Gasteiger partial charge in [0.1, 0.15) is 23.1 Å². The van der Waals surface area contributed by atoms with Crippen molar-refractivity contribution in [1.29, 1.82) is 0 Å². The molecule has 5 rings (SSSR count). The zero-order chi connectivity index (χ0) is 24.0. The molecule has 1 aliphatic carbocycles. The van der Waals surface area contributed by atoms with E-state index in [4.69, 9.17) is 14.0 Å². The number of carbonyl (C=O) groups is 3. The summed E-state index contributed by atoms with van der Waals surface area (Å²) in [7, 11) is 0. The van der Waals surface area contributed by atoms with E-state index in [1.807, 2.05) is 32.0 Å². The molecular weight excluding hydrogens is 442 g/mol. The van der Waals surface area contributed by atoms with Crippen molar-refractivity contribution in [2.75, 3.05) is 18.7 Å². The summed E-state index contributed by atoms with van der Waals surface area (Å²) in [5, 5.41) is 6.55. The third-order valence-corrected chi connectivity index (χ3v) is 5.68. The molecule has 1 aromatic carbocycles. The number of ether oxygens (including phenoxy) is 2. The van der Waals surface area contributed by atoms with Crippen LogP contribution >= 0.6 is 0 Å². The zero-order valence-electron chi connectivity index (χ0n) is 18.8. The summed E-state index contributed by atoms with van der Waals surface area (Å²) in [5.74, 6) is -0.00718. The SMILES string of the molecule is Cc1ccc(NC(=O)C[N+]2=C3C=C4OCOC4C=C3C(=O)N(Cc3nc(C)no3)C2=O)c(C)c1. The normalized spacial score (nSPS) is 19.4. The molecule has 1 atom stereocenters. The molecule has 3 heterocycles. The Morgan fingerprint density at radius 1 is 1.26 bits per heavy atom. The van der Waals surface area contributed by atoms with Crippen LogP contribution in [0.4, 0.5) is 10.5 Å². The molecule has 3 aliphatic rings. The minimum Gasteiger partial charge on any atom is -0.469 e. The number of rotatable bonds is 5. The number of anilines is 1. The van der Waals surface area contributed by atoms with Crippen LogP contribution in [0.1, 0.15) is 22.8 Å². The van der Waals surface area contributed by atoms with Crippen LogP contribution in [0.25, 0.3) is 0 Å². The second-order valence-corrected chi connectivity index (χ2v) is 8.22. The molecule has 0 saturated carbocycles. The van der Waals surface area contributed by atoms with Crippen LogP contribution < -0.4 is 5.32 Å². The highest BCUT2D eigenvalue weighted by Gasteiger charge is 2.48. The molecule has 174 valence electrons. The maximum atomic E-state index is 13.4. The van der Waals surface area contributed by atoms with Gasteiger partial charge in [-0.05, 0) is 38.5 Å². The van der Waals surface area contributed by atoms with Crippen molar-refractivity contribution in [2.45, 2.75) is 33.4 Å². The van der Waals surface area contributed by atoms with Gasteiger partial charge in [0, 0.05) is 11.8 Å². The van der Waals surface area contributed by atoms with E-state index in [1.165, 1.54) is 4.58 Å². The third kappa shape index (κ3) is 3.90. The van der Waals surface area contributed by atoms with Gasteiger partial charge in [0.2, 0.25) is 0 Å². The molecule has 1 saturated heterocycles. The number of aryl methyl sites for hydroxylation is 3. The average Bonchev–Trinajstić information content (AvgIpc) is 3.43. The van der Waals surface area contributed by atoms with Gasteiger partial charge in [0.25, 0.3) is 11.8 Å². The van der Waals surface area contributed by atoms with E-state index in [2.05, 4.69) is 15.5 Å². The summed E-state index contributed by atoms with van der Waals surface area (Å²) in [6, 6.07) is 4.97. The summed E-state index contributed by atoms with van der Waals surface area (Å²) in [6.07, 6.45) is 2.63. The Hall–Kier alpha value is -4.12. The number of fused-ring (bicyclic) bond motifs is 2. The number of nitrogens with zero attached hydrogens (tertiary/aromatic N) is 4. The lowest BCUT2D eigenvalue weighted by Gasteiger charge is -2.24. The van der Waals surface area contributed by atoms with Gasteiger partial charge in [0.05, 0.1) is 0 Å². The Morgan fingerprint density at radius 2 is 2.09 bits per heavy atom. The number of nitrogens with one attached hydrogen (secondary N) is 1. The topological polar surface area (TPSA) is 127 Å².